The molecular formula is C6H9ClO2. The first-order valence-corrected chi connectivity index (χ1v) is 3.15. The molecule has 0 aromatic carbocycles. The molecule has 52 valence electrons. The average molecular weight is 149 g/mol. The molecule has 0 heterocycles. The highest BCUT2D eigenvalue weighted by molar-refractivity contribution is 6.21. The Labute approximate surface area is 59.1 Å². The highest BCUT2D eigenvalue weighted by atomic mass is 35.5. The van der Waals surface area contributed by atoms with Crippen molar-refractivity contribution in [2.45, 2.75) is 18.7 Å². The molecule has 0 radical (unpaired) electrons. The van der Waals surface area contributed by atoms with Gasteiger partial charge in [-0.25, -0.2) is 4.79 Å². The van der Waals surface area contributed by atoms with Crippen molar-refractivity contribution >= 4 is 17.6 Å². The molecule has 0 fully saturated rings. The lowest BCUT2D eigenvalue weighted by Crippen LogP contribution is -1.92. The average Bonchev–Trinajstić information content (AvgIpc) is 1.83. The number of hydrogen-bond donors (Lipinski definition) is 1. The monoisotopic (exact) mass is 148 g/mol. The first-order valence-electron chi connectivity index (χ1n) is 2.72. The van der Waals surface area contributed by atoms with Crippen molar-refractivity contribution < 1.29 is 9.90 Å². The van der Waals surface area contributed by atoms with Crippen molar-refractivity contribution in [3.63, 3.8) is 0 Å². The molecule has 3 heteroatoms. The topological polar surface area (TPSA) is 37.3 Å². The number of carbonyl (C=O) groups is 1. The van der Waals surface area contributed by atoms with E-state index in [9.17, 15) is 4.79 Å². The molecule has 9 heavy (non-hydrogen) atoms. The van der Waals surface area contributed by atoms with Gasteiger partial charge >= 0.3 is 5.97 Å². The summed E-state index contributed by atoms with van der Waals surface area (Å²) in [7, 11) is 0. The van der Waals surface area contributed by atoms with E-state index in [1.165, 1.54) is 6.08 Å². The lowest BCUT2D eigenvalue weighted by Gasteiger charge is -1.93. The van der Waals surface area contributed by atoms with E-state index in [1.54, 1.807) is 0 Å². The Morgan fingerprint density at radius 2 is 2.44 bits per heavy atom. The van der Waals surface area contributed by atoms with Gasteiger partial charge in [0, 0.05) is 6.08 Å². The SMILES string of the molecule is CCC(Cl)/C=C/C(=O)O. The van der Waals surface area contributed by atoms with Crippen LogP contribution in [-0.4, -0.2) is 16.5 Å². The maximum absolute atomic E-state index is 9.87. The van der Waals surface area contributed by atoms with Gasteiger partial charge in [0.15, 0.2) is 0 Å². The summed E-state index contributed by atoms with van der Waals surface area (Å²) < 4.78 is 0. The number of rotatable bonds is 3. The smallest absolute Gasteiger partial charge is 0.328 e. The maximum Gasteiger partial charge on any atom is 0.328 e. The van der Waals surface area contributed by atoms with E-state index >= 15 is 0 Å². The lowest BCUT2D eigenvalue weighted by atomic mass is 10.3. The predicted octanol–water partition coefficient (Wildman–Crippen LogP) is 1.64. The summed E-state index contributed by atoms with van der Waals surface area (Å²) in [5, 5.41) is 7.96. The molecule has 0 spiro atoms. The Morgan fingerprint density at radius 1 is 1.89 bits per heavy atom. The normalized spacial score (nSPS) is 14.0. The molecule has 0 saturated carbocycles. The largest absolute Gasteiger partial charge is 0.478 e. The van der Waals surface area contributed by atoms with Crippen molar-refractivity contribution in [3.05, 3.63) is 12.2 Å². The summed E-state index contributed by atoms with van der Waals surface area (Å²) in [4.78, 5) is 9.87. The molecule has 0 aromatic rings. The fourth-order valence-corrected chi connectivity index (χ4v) is 0.396. The third-order valence-electron chi connectivity index (χ3n) is 0.838. The Bertz CT molecular complexity index is 120. The third-order valence-corrected chi connectivity index (χ3v) is 1.29. The van der Waals surface area contributed by atoms with Crippen LogP contribution in [-0.2, 0) is 4.79 Å². The van der Waals surface area contributed by atoms with E-state index in [-0.39, 0.29) is 5.38 Å². The van der Waals surface area contributed by atoms with Gasteiger partial charge in [-0.3, -0.25) is 0 Å². The first-order chi connectivity index (χ1) is 4.16. The van der Waals surface area contributed by atoms with E-state index in [1.807, 2.05) is 6.92 Å². The first kappa shape index (κ1) is 8.50. The molecular weight excluding hydrogens is 140 g/mol. The van der Waals surface area contributed by atoms with Crippen molar-refractivity contribution in [1.82, 2.24) is 0 Å². The number of allylic oxidation sites excluding steroid dienone is 1. The van der Waals surface area contributed by atoms with Crippen LogP contribution in [0.3, 0.4) is 0 Å². The Kier molecular flexibility index (Phi) is 4.14. The van der Waals surface area contributed by atoms with Crippen LogP contribution < -0.4 is 0 Å². The van der Waals surface area contributed by atoms with E-state index in [4.69, 9.17) is 16.7 Å². The molecule has 2 nitrogen and oxygen atoms in total. The van der Waals surface area contributed by atoms with Crippen molar-refractivity contribution in [1.29, 1.82) is 0 Å². The maximum atomic E-state index is 9.87. The molecule has 0 amide bonds. The Morgan fingerprint density at radius 3 is 2.78 bits per heavy atom. The Hall–Kier alpha value is -0.500. The molecule has 0 aliphatic heterocycles. The number of aliphatic carboxylic acids is 1. The molecule has 1 unspecified atom stereocenters. The number of carboxylic acid groups (broad SMARTS) is 1. The van der Waals surface area contributed by atoms with Crippen molar-refractivity contribution in [2.75, 3.05) is 0 Å². The van der Waals surface area contributed by atoms with Crippen LogP contribution >= 0.6 is 11.6 Å². The third kappa shape index (κ3) is 5.37. The van der Waals surface area contributed by atoms with E-state index in [2.05, 4.69) is 0 Å². The summed E-state index contributed by atoms with van der Waals surface area (Å²) in [5.41, 5.74) is 0. The fourth-order valence-electron chi connectivity index (χ4n) is 0.323. The molecule has 0 aliphatic rings. The predicted molar refractivity (Wildman–Crippen MR) is 36.7 cm³/mol. The van der Waals surface area contributed by atoms with Gasteiger partial charge in [-0.2, -0.15) is 0 Å². The van der Waals surface area contributed by atoms with Crippen molar-refractivity contribution in [3.8, 4) is 0 Å². The second kappa shape index (κ2) is 4.39. The molecule has 1 N–H and O–H groups in total. The fraction of sp³-hybridized carbons (Fsp3) is 0.500. The van der Waals surface area contributed by atoms with Gasteiger partial charge in [0.2, 0.25) is 0 Å². The van der Waals surface area contributed by atoms with E-state index in [0.29, 0.717) is 0 Å². The van der Waals surface area contributed by atoms with Crippen LogP contribution in [0.2, 0.25) is 0 Å². The molecule has 0 aliphatic carbocycles. The number of halogens is 1. The highest BCUT2D eigenvalue weighted by Crippen LogP contribution is 2.01. The molecule has 0 saturated heterocycles. The van der Waals surface area contributed by atoms with Gasteiger partial charge in [0.25, 0.3) is 0 Å². The van der Waals surface area contributed by atoms with Gasteiger partial charge in [0.1, 0.15) is 0 Å². The second-order valence-electron chi connectivity index (χ2n) is 1.62. The number of hydrogen-bond acceptors (Lipinski definition) is 1. The quantitative estimate of drug-likeness (QED) is 0.488. The minimum Gasteiger partial charge on any atom is -0.478 e. The number of carboxylic acids is 1. The molecule has 1 atom stereocenters. The van der Waals surface area contributed by atoms with E-state index in [0.717, 1.165) is 12.5 Å². The lowest BCUT2D eigenvalue weighted by molar-refractivity contribution is -0.131. The highest BCUT2D eigenvalue weighted by Gasteiger charge is 1.93. The van der Waals surface area contributed by atoms with Gasteiger partial charge in [0.05, 0.1) is 5.38 Å². The Balaban J connectivity index is 3.56. The van der Waals surface area contributed by atoms with Gasteiger partial charge in [-0.1, -0.05) is 13.0 Å². The molecule has 0 rings (SSSR count). The van der Waals surface area contributed by atoms with Crippen LogP contribution in [0.4, 0.5) is 0 Å². The summed E-state index contributed by atoms with van der Waals surface area (Å²) >= 11 is 5.56. The van der Waals surface area contributed by atoms with Gasteiger partial charge in [-0.05, 0) is 6.42 Å². The van der Waals surface area contributed by atoms with Crippen LogP contribution in [0.25, 0.3) is 0 Å². The molecule has 0 bridgehead atoms. The zero-order valence-corrected chi connectivity index (χ0v) is 5.93. The number of alkyl halides is 1. The van der Waals surface area contributed by atoms with Gasteiger partial charge in [-0.15, -0.1) is 11.6 Å². The zero-order chi connectivity index (χ0) is 7.28. The minimum absolute atomic E-state index is 0.152. The second-order valence-corrected chi connectivity index (χ2v) is 2.18. The van der Waals surface area contributed by atoms with Crippen molar-refractivity contribution in [2.24, 2.45) is 0 Å². The van der Waals surface area contributed by atoms with Crippen LogP contribution in [0.5, 0.6) is 0 Å². The summed E-state index contributed by atoms with van der Waals surface area (Å²) in [6.45, 7) is 1.89. The molecule has 0 aromatic heterocycles. The standard InChI is InChI=1S/C6H9ClO2/c1-2-5(7)3-4-6(8)9/h3-5H,2H2,1H3,(H,8,9)/b4-3+. The minimum atomic E-state index is -0.950. The summed E-state index contributed by atoms with van der Waals surface area (Å²) in [6, 6.07) is 0. The summed E-state index contributed by atoms with van der Waals surface area (Å²) in [6.07, 6.45) is 3.27. The zero-order valence-electron chi connectivity index (χ0n) is 5.17. The van der Waals surface area contributed by atoms with Crippen LogP contribution in [0.15, 0.2) is 12.2 Å². The van der Waals surface area contributed by atoms with Crippen LogP contribution in [0.1, 0.15) is 13.3 Å². The van der Waals surface area contributed by atoms with Crippen LogP contribution in [0, 0.1) is 0 Å². The van der Waals surface area contributed by atoms with E-state index < -0.39 is 5.97 Å². The summed E-state index contributed by atoms with van der Waals surface area (Å²) in [5.74, 6) is -0.950. The van der Waals surface area contributed by atoms with Gasteiger partial charge < -0.3 is 5.11 Å².